The summed E-state index contributed by atoms with van der Waals surface area (Å²) in [6, 6.07) is 12.0. The van der Waals surface area contributed by atoms with Gasteiger partial charge >= 0.3 is 5.97 Å². The van der Waals surface area contributed by atoms with E-state index in [1.54, 1.807) is 36.4 Å². The van der Waals surface area contributed by atoms with Gasteiger partial charge in [-0.2, -0.15) is 0 Å². The summed E-state index contributed by atoms with van der Waals surface area (Å²) in [4.78, 5) is 29.8. The third-order valence-electron chi connectivity index (χ3n) is 3.24. The highest BCUT2D eigenvalue weighted by atomic mass is 35.5. The van der Waals surface area contributed by atoms with Crippen LogP contribution in [0.2, 0.25) is 5.15 Å². The van der Waals surface area contributed by atoms with E-state index in [1.165, 1.54) is 11.3 Å². The molecule has 3 aromatic rings. The Kier molecular flexibility index (Phi) is 4.41. The van der Waals surface area contributed by atoms with E-state index in [-0.39, 0.29) is 12.4 Å². The molecule has 0 spiro atoms. The Bertz CT molecular complexity index is 904. The van der Waals surface area contributed by atoms with Gasteiger partial charge in [-0.05, 0) is 49.4 Å². The number of rotatable bonds is 4. The molecule has 3 rings (SSSR count). The number of ether oxygens (including phenoxy) is 1. The van der Waals surface area contributed by atoms with Gasteiger partial charge in [-0.3, -0.25) is 4.79 Å². The molecule has 2 heterocycles. The zero-order chi connectivity index (χ0) is 16.4. The second kappa shape index (κ2) is 6.48. The molecule has 4 nitrogen and oxygen atoms in total. The summed E-state index contributed by atoms with van der Waals surface area (Å²) >= 11 is 7.21. The van der Waals surface area contributed by atoms with Gasteiger partial charge in [0.2, 0.25) is 5.78 Å². The first-order valence-electron chi connectivity index (χ1n) is 6.86. The van der Waals surface area contributed by atoms with Gasteiger partial charge in [-0.25, -0.2) is 9.78 Å². The van der Waals surface area contributed by atoms with Gasteiger partial charge < -0.3 is 4.74 Å². The Morgan fingerprint density at radius 2 is 2.00 bits per heavy atom. The third kappa shape index (κ3) is 3.57. The molecule has 0 saturated heterocycles. The molecule has 1 aromatic carbocycles. The monoisotopic (exact) mass is 345 g/mol. The van der Waals surface area contributed by atoms with Gasteiger partial charge in [0.1, 0.15) is 5.15 Å². The van der Waals surface area contributed by atoms with Crippen LogP contribution in [0.5, 0.6) is 0 Å². The van der Waals surface area contributed by atoms with E-state index in [9.17, 15) is 9.59 Å². The molecule has 0 N–H and O–H groups in total. The van der Waals surface area contributed by atoms with Crippen molar-refractivity contribution in [3.05, 3.63) is 62.9 Å². The van der Waals surface area contributed by atoms with Crippen molar-refractivity contribution in [2.75, 3.05) is 6.61 Å². The summed E-state index contributed by atoms with van der Waals surface area (Å²) in [5.41, 5.74) is 1.07. The molecule has 0 aliphatic heterocycles. The van der Waals surface area contributed by atoms with Crippen LogP contribution < -0.4 is 0 Å². The maximum atomic E-state index is 12.1. The number of esters is 1. The zero-order valence-electron chi connectivity index (χ0n) is 12.2. The Balaban J connectivity index is 1.70. The molecule has 116 valence electrons. The predicted octanol–water partition coefficient (Wildman–Crippen LogP) is 4.30. The van der Waals surface area contributed by atoms with Gasteiger partial charge in [0.05, 0.1) is 16.0 Å². The fourth-order valence-corrected chi connectivity index (χ4v) is 3.04. The number of hydrogen-bond donors (Lipinski definition) is 0. The highest BCUT2D eigenvalue weighted by Gasteiger charge is 2.13. The van der Waals surface area contributed by atoms with Crippen molar-refractivity contribution in [2.45, 2.75) is 6.92 Å². The molecule has 0 saturated carbocycles. The first-order valence-corrected chi connectivity index (χ1v) is 8.05. The van der Waals surface area contributed by atoms with Crippen LogP contribution >= 0.6 is 22.9 Å². The van der Waals surface area contributed by atoms with Gasteiger partial charge in [0, 0.05) is 10.3 Å². The van der Waals surface area contributed by atoms with E-state index < -0.39 is 5.97 Å². The minimum Gasteiger partial charge on any atom is -0.454 e. The summed E-state index contributed by atoms with van der Waals surface area (Å²) in [5.74, 6) is -0.742. The van der Waals surface area contributed by atoms with E-state index in [2.05, 4.69) is 4.98 Å². The summed E-state index contributed by atoms with van der Waals surface area (Å²) < 4.78 is 5.10. The smallest absolute Gasteiger partial charge is 0.338 e. The van der Waals surface area contributed by atoms with Crippen LogP contribution in [0.4, 0.5) is 0 Å². The number of fused-ring (bicyclic) bond motifs is 1. The summed E-state index contributed by atoms with van der Waals surface area (Å²) in [7, 11) is 0. The Morgan fingerprint density at radius 1 is 1.17 bits per heavy atom. The Morgan fingerprint density at radius 3 is 2.74 bits per heavy atom. The molecule has 0 bridgehead atoms. The van der Waals surface area contributed by atoms with Crippen molar-refractivity contribution < 1.29 is 14.3 Å². The lowest BCUT2D eigenvalue weighted by Gasteiger charge is -2.05. The number of aromatic nitrogens is 1. The van der Waals surface area contributed by atoms with Crippen LogP contribution in [0.15, 0.2) is 42.5 Å². The Labute approximate surface area is 141 Å². The summed E-state index contributed by atoms with van der Waals surface area (Å²) in [6.07, 6.45) is 0. The van der Waals surface area contributed by atoms with Crippen molar-refractivity contribution in [2.24, 2.45) is 0 Å². The molecule has 23 heavy (non-hydrogen) atoms. The van der Waals surface area contributed by atoms with Crippen molar-refractivity contribution in [1.29, 1.82) is 0 Å². The lowest BCUT2D eigenvalue weighted by atomic mass is 10.1. The summed E-state index contributed by atoms with van der Waals surface area (Å²) in [6.45, 7) is 1.65. The van der Waals surface area contributed by atoms with Crippen LogP contribution in [-0.4, -0.2) is 23.3 Å². The first-order chi connectivity index (χ1) is 11.0. The molecule has 0 atom stereocenters. The quantitative estimate of drug-likeness (QED) is 0.402. The van der Waals surface area contributed by atoms with E-state index in [4.69, 9.17) is 16.3 Å². The average molecular weight is 346 g/mol. The van der Waals surface area contributed by atoms with Crippen LogP contribution in [0.3, 0.4) is 0 Å². The van der Waals surface area contributed by atoms with Crippen molar-refractivity contribution in [3.63, 3.8) is 0 Å². The first kappa shape index (κ1) is 15.6. The van der Waals surface area contributed by atoms with E-state index in [0.717, 1.165) is 10.3 Å². The number of halogens is 1. The second-order valence-corrected chi connectivity index (χ2v) is 6.63. The number of Topliss-reactive ketones (excluding diaryl/α,β-unsaturated/α-hetero) is 1. The molecule has 6 heteroatoms. The molecule has 2 aromatic heterocycles. The molecular weight excluding hydrogens is 334 g/mol. The highest BCUT2D eigenvalue weighted by molar-refractivity contribution is 7.14. The van der Waals surface area contributed by atoms with Gasteiger partial charge in [-0.15, -0.1) is 11.3 Å². The number of thiophene rings is 1. The highest BCUT2D eigenvalue weighted by Crippen LogP contribution is 2.18. The molecule has 0 fully saturated rings. The van der Waals surface area contributed by atoms with Crippen LogP contribution in [0, 0.1) is 6.92 Å². The maximum Gasteiger partial charge on any atom is 0.338 e. The number of pyridine rings is 1. The number of ketones is 1. The largest absolute Gasteiger partial charge is 0.454 e. The zero-order valence-corrected chi connectivity index (χ0v) is 13.8. The molecule has 0 unspecified atom stereocenters. The Hall–Kier alpha value is -2.24. The third-order valence-corrected chi connectivity index (χ3v) is 4.49. The fourth-order valence-electron chi connectivity index (χ4n) is 2.10. The van der Waals surface area contributed by atoms with Gasteiger partial charge in [0.25, 0.3) is 0 Å². The van der Waals surface area contributed by atoms with Gasteiger partial charge in [-0.1, -0.05) is 11.6 Å². The maximum absolute atomic E-state index is 12.1. The topological polar surface area (TPSA) is 56.3 Å². The molecule has 0 radical (unpaired) electrons. The molecule has 0 aliphatic carbocycles. The van der Waals surface area contributed by atoms with Crippen molar-refractivity contribution in [3.8, 4) is 0 Å². The normalized spacial score (nSPS) is 10.7. The van der Waals surface area contributed by atoms with E-state index in [0.29, 0.717) is 21.1 Å². The van der Waals surface area contributed by atoms with Gasteiger partial charge in [0.15, 0.2) is 6.61 Å². The standard InChI is InChI=1S/C17H12ClNO3S/c1-10-2-6-15(23-10)14(20)9-22-17(21)12-3-5-13-11(8-12)4-7-16(18)19-13/h2-8H,9H2,1H3. The molecular formula is C17H12ClNO3S. The van der Waals surface area contributed by atoms with Crippen molar-refractivity contribution >= 4 is 45.6 Å². The average Bonchev–Trinajstić information content (AvgIpc) is 2.98. The molecule has 0 aliphatic rings. The second-order valence-electron chi connectivity index (χ2n) is 4.95. The van der Waals surface area contributed by atoms with Crippen LogP contribution in [0.1, 0.15) is 24.9 Å². The SMILES string of the molecule is Cc1ccc(C(=O)COC(=O)c2ccc3nc(Cl)ccc3c2)s1. The van der Waals surface area contributed by atoms with Crippen LogP contribution in [-0.2, 0) is 4.74 Å². The van der Waals surface area contributed by atoms with Crippen molar-refractivity contribution in [1.82, 2.24) is 4.98 Å². The van der Waals surface area contributed by atoms with Crippen LogP contribution in [0.25, 0.3) is 10.9 Å². The molecule has 0 amide bonds. The number of carbonyl (C=O) groups excluding carboxylic acids is 2. The predicted molar refractivity (Wildman–Crippen MR) is 90.4 cm³/mol. The summed E-state index contributed by atoms with van der Waals surface area (Å²) in [5, 5.41) is 1.17. The number of benzene rings is 1. The minimum absolute atomic E-state index is 0.203. The number of carbonyl (C=O) groups is 2. The van der Waals surface area contributed by atoms with E-state index in [1.807, 2.05) is 13.0 Å². The lowest BCUT2D eigenvalue weighted by Crippen LogP contribution is -2.13. The number of nitrogens with zero attached hydrogens (tertiary/aromatic N) is 1. The van der Waals surface area contributed by atoms with E-state index >= 15 is 0 Å². The lowest BCUT2D eigenvalue weighted by molar-refractivity contribution is 0.0476. The fraction of sp³-hybridized carbons (Fsp3) is 0.118. The number of hydrogen-bond acceptors (Lipinski definition) is 5. The number of aryl methyl sites for hydroxylation is 1. The minimum atomic E-state index is -0.538.